The van der Waals surface area contributed by atoms with Gasteiger partial charge in [-0.2, -0.15) is 0 Å². The Kier molecular flexibility index (Phi) is 6.49. The number of hydrogen-bond donors (Lipinski definition) is 1. The van der Waals surface area contributed by atoms with E-state index in [-0.39, 0.29) is 11.9 Å². The summed E-state index contributed by atoms with van der Waals surface area (Å²) in [6.45, 7) is 2.78. The second-order valence-electron chi connectivity index (χ2n) is 5.79. The predicted octanol–water partition coefficient (Wildman–Crippen LogP) is 4.89. The number of nitrogens with one attached hydrogen (secondary N) is 1. The summed E-state index contributed by atoms with van der Waals surface area (Å²) in [5, 5.41) is 10.6. The molecule has 0 aliphatic rings. The van der Waals surface area contributed by atoms with Crippen molar-refractivity contribution in [2.24, 2.45) is 0 Å². The molecule has 140 valence electrons. The molecule has 7 heteroatoms. The highest BCUT2D eigenvalue weighted by Gasteiger charge is 2.14. The molecule has 0 spiro atoms. The van der Waals surface area contributed by atoms with Gasteiger partial charge in [-0.05, 0) is 49.1 Å². The number of rotatable bonds is 8. The molecule has 3 rings (SSSR count). The van der Waals surface area contributed by atoms with Crippen molar-refractivity contribution in [1.29, 1.82) is 0 Å². The number of amides is 1. The van der Waals surface area contributed by atoms with Gasteiger partial charge in [0.2, 0.25) is 0 Å². The van der Waals surface area contributed by atoms with Crippen LogP contribution in [0.1, 0.15) is 30.1 Å². The van der Waals surface area contributed by atoms with Gasteiger partial charge in [-0.3, -0.25) is 10.1 Å². The Balaban J connectivity index is 1.65. The van der Waals surface area contributed by atoms with E-state index in [1.54, 1.807) is 36.0 Å². The van der Waals surface area contributed by atoms with Gasteiger partial charge in [-0.25, -0.2) is 0 Å². The average Bonchev–Trinajstić information content (AvgIpc) is 3.17. The fraction of sp³-hybridized carbons (Fsp3) is 0.250. The van der Waals surface area contributed by atoms with Crippen molar-refractivity contribution < 1.29 is 13.9 Å². The summed E-state index contributed by atoms with van der Waals surface area (Å²) in [4.78, 5) is 13.4. The van der Waals surface area contributed by atoms with E-state index < -0.39 is 0 Å². The van der Waals surface area contributed by atoms with Gasteiger partial charge in [-0.1, -0.05) is 30.6 Å². The average molecular weight is 383 g/mol. The summed E-state index contributed by atoms with van der Waals surface area (Å²) in [6, 6.07) is 14.8. The lowest BCUT2D eigenvalue weighted by molar-refractivity contribution is 0.102. The van der Waals surface area contributed by atoms with Crippen LogP contribution < -0.4 is 10.1 Å². The lowest BCUT2D eigenvalue weighted by Gasteiger charge is -2.06. The number of aromatic nitrogens is 2. The highest BCUT2D eigenvalue weighted by atomic mass is 32.2. The summed E-state index contributed by atoms with van der Waals surface area (Å²) >= 11 is 1.59. The minimum Gasteiger partial charge on any atom is -0.494 e. The maximum absolute atomic E-state index is 12.4. The Morgan fingerprint density at radius 2 is 1.93 bits per heavy atom. The van der Waals surface area contributed by atoms with Gasteiger partial charge in [0.1, 0.15) is 5.75 Å². The molecule has 0 aliphatic heterocycles. The van der Waals surface area contributed by atoms with Gasteiger partial charge in [0, 0.05) is 10.5 Å². The zero-order valence-corrected chi connectivity index (χ0v) is 16.1. The molecule has 0 saturated carbocycles. The first-order valence-corrected chi connectivity index (χ1v) is 9.95. The number of carbonyl (C=O) groups is 1. The van der Waals surface area contributed by atoms with E-state index in [4.69, 9.17) is 9.15 Å². The van der Waals surface area contributed by atoms with E-state index in [0.29, 0.717) is 18.1 Å². The maximum Gasteiger partial charge on any atom is 0.322 e. The van der Waals surface area contributed by atoms with Crippen molar-refractivity contribution in [3.05, 3.63) is 54.1 Å². The predicted molar refractivity (Wildman–Crippen MR) is 106 cm³/mol. The van der Waals surface area contributed by atoms with Crippen molar-refractivity contribution in [2.75, 3.05) is 18.2 Å². The molecule has 1 heterocycles. The molecule has 3 aromatic rings. The Labute approximate surface area is 162 Å². The van der Waals surface area contributed by atoms with Crippen molar-refractivity contribution in [3.63, 3.8) is 0 Å². The third-order valence-corrected chi connectivity index (χ3v) is 4.66. The Bertz CT molecular complexity index is 893. The quantitative estimate of drug-likeness (QED) is 0.441. The number of unbranched alkanes of at least 4 members (excludes halogenated alkanes) is 1. The number of carbonyl (C=O) groups excluding carboxylic acids is 1. The van der Waals surface area contributed by atoms with Gasteiger partial charge >= 0.3 is 6.01 Å². The molecule has 0 aliphatic carbocycles. The summed E-state index contributed by atoms with van der Waals surface area (Å²) in [5.74, 6) is 0.798. The summed E-state index contributed by atoms with van der Waals surface area (Å²) in [5.41, 5.74) is 1.33. The van der Waals surface area contributed by atoms with Crippen LogP contribution in [0.25, 0.3) is 11.5 Å². The molecule has 0 bridgehead atoms. The molecular weight excluding hydrogens is 362 g/mol. The topological polar surface area (TPSA) is 77.2 Å². The molecule has 0 fully saturated rings. The molecule has 0 saturated heterocycles. The summed E-state index contributed by atoms with van der Waals surface area (Å²) < 4.78 is 11.2. The van der Waals surface area contributed by atoms with Crippen LogP contribution in [0, 0.1) is 0 Å². The van der Waals surface area contributed by atoms with Crippen LogP contribution in [0.4, 0.5) is 6.01 Å². The normalized spacial score (nSPS) is 10.6. The molecule has 0 radical (unpaired) electrons. The Hall–Kier alpha value is -2.80. The molecule has 2 aromatic carbocycles. The molecule has 6 nitrogen and oxygen atoms in total. The zero-order valence-electron chi connectivity index (χ0n) is 15.3. The lowest BCUT2D eigenvalue weighted by Crippen LogP contribution is -2.12. The van der Waals surface area contributed by atoms with Gasteiger partial charge < -0.3 is 9.15 Å². The standard InChI is InChI=1S/C20H21N3O3S/c1-3-4-13-25-15-11-9-14(10-12-15)18(24)21-20-23-22-19(26-20)16-7-5-6-8-17(16)27-2/h5-12H,3-4,13H2,1-2H3,(H,21,23,24). The van der Waals surface area contributed by atoms with Gasteiger partial charge in [0.25, 0.3) is 11.8 Å². The van der Waals surface area contributed by atoms with Gasteiger partial charge in [0.15, 0.2) is 0 Å². The Morgan fingerprint density at radius 3 is 2.67 bits per heavy atom. The Morgan fingerprint density at radius 1 is 1.15 bits per heavy atom. The number of anilines is 1. The van der Waals surface area contributed by atoms with Crippen LogP contribution in [-0.4, -0.2) is 29.0 Å². The van der Waals surface area contributed by atoms with Crippen molar-refractivity contribution in [2.45, 2.75) is 24.7 Å². The maximum atomic E-state index is 12.4. The number of thioether (sulfide) groups is 1. The molecular formula is C20H21N3O3S. The van der Waals surface area contributed by atoms with Crippen LogP contribution >= 0.6 is 11.8 Å². The van der Waals surface area contributed by atoms with Crippen LogP contribution in [0.3, 0.4) is 0 Å². The van der Waals surface area contributed by atoms with E-state index >= 15 is 0 Å². The van der Waals surface area contributed by atoms with E-state index in [0.717, 1.165) is 29.1 Å². The van der Waals surface area contributed by atoms with E-state index in [2.05, 4.69) is 22.4 Å². The molecule has 1 N–H and O–H groups in total. The van der Waals surface area contributed by atoms with E-state index in [9.17, 15) is 4.79 Å². The van der Waals surface area contributed by atoms with Crippen LogP contribution in [0.2, 0.25) is 0 Å². The molecule has 1 amide bonds. The van der Waals surface area contributed by atoms with Crippen LogP contribution in [0.15, 0.2) is 57.8 Å². The third-order valence-electron chi connectivity index (χ3n) is 3.87. The monoisotopic (exact) mass is 383 g/mol. The molecule has 1 aromatic heterocycles. The van der Waals surface area contributed by atoms with Crippen LogP contribution in [-0.2, 0) is 0 Å². The fourth-order valence-electron chi connectivity index (χ4n) is 2.41. The lowest BCUT2D eigenvalue weighted by atomic mass is 10.2. The number of benzene rings is 2. The van der Waals surface area contributed by atoms with Crippen molar-refractivity contribution in [1.82, 2.24) is 10.2 Å². The third kappa shape index (κ3) is 4.89. The molecule has 27 heavy (non-hydrogen) atoms. The van der Waals surface area contributed by atoms with E-state index in [1.807, 2.05) is 30.5 Å². The molecule has 0 unspecified atom stereocenters. The second-order valence-corrected chi connectivity index (χ2v) is 6.64. The highest BCUT2D eigenvalue weighted by molar-refractivity contribution is 7.98. The SMILES string of the molecule is CCCCOc1ccc(C(=O)Nc2nnc(-c3ccccc3SC)o2)cc1. The van der Waals surface area contributed by atoms with Gasteiger partial charge in [0.05, 0.1) is 12.2 Å². The van der Waals surface area contributed by atoms with Gasteiger partial charge in [-0.15, -0.1) is 16.9 Å². The van der Waals surface area contributed by atoms with Crippen LogP contribution in [0.5, 0.6) is 5.75 Å². The fourth-order valence-corrected chi connectivity index (χ4v) is 3.00. The van der Waals surface area contributed by atoms with E-state index in [1.165, 1.54) is 0 Å². The summed E-state index contributed by atoms with van der Waals surface area (Å²) in [7, 11) is 0. The first kappa shape index (κ1) is 19.0. The number of nitrogens with zero attached hydrogens (tertiary/aromatic N) is 2. The second kappa shape index (κ2) is 9.23. The largest absolute Gasteiger partial charge is 0.494 e. The minimum absolute atomic E-state index is 0.0641. The van der Waals surface area contributed by atoms with Crippen molar-refractivity contribution in [3.8, 4) is 17.2 Å². The smallest absolute Gasteiger partial charge is 0.322 e. The zero-order chi connectivity index (χ0) is 19.1. The minimum atomic E-state index is -0.316. The highest BCUT2D eigenvalue weighted by Crippen LogP contribution is 2.29. The first-order chi connectivity index (χ1) is 13.2. The first-order valence-electron chi connectivity index (χ1n) is 8.72. The van der Waals surface area contributed by atoms with Crippen molar-refractivity contribution >= 4 is 23.7 Å². The number of hydrogen-bond acceptors (Lipinski definition) is 6. The summed E-state index contributed by atoms with van der Waals surface area (Å²) in [6.07, 6.45) is 4.06. The number of ether oxygens (including phenoxy) is 1. The molecule has 0 atom stereocenters.